The van der Waals surface area contributed by atoms with Crippen LogP contribution in [0.15, 0.2) is 77.8 Å². The van der Waals surface area contributed by atoms with Gasteiger partial charge < -0.3 is 9.73 Å². The van der Waals surface area contributed by atoms with Crippen molar-refractivity contribution < 1.29 is 9.21 Å². The Bertz CT molecular complexity index is 1380. The predicted molar refractivity (Wildman–Crippen MR) is 125 cm³/mol. The molecule has 5 aromatic rings. The van der Waals surface area contributed by atoms with Crippen molar-refractivity contribution in [3.63, 3.8) is 0 Å². The van der Waals surface area contributed by atoms with Crippen molar-refractivity contribution in [2.45, 2.75) is 26.3 Å². The van der Waals surface area contributed by atoms with Gasteiger partial charge in [-0.2, -0.15) is 10.2 Å². The third-order valence-corrected chi connectivity index (χ3v) is 5.43. The lowest BCUT2D eigenvalue weighted by Crippen LogP contribution is -2.26. The van der Waals surface area contributed by atoms with E-state index in [4.69, 9.17) is 9.40 Å². The first-order chi connectivity index (χ1) is 16.1. The summed E-state index contributed by atoms with van der Waals surface area (Å²) in [6, 6.07) is 15.4. The van der Waals surface area contributed by atoms with Gasteiger partial charge in [0.2, 0.25) is 0 Å². The zero-order valence-electron chi connectivity index (χ0n) is 18.5. The van der Waals surface area contributed by atoms with Crippen LogP contribution in [0.5, 0.6) is 0 Å². The van der Waals surface area contributed by atoms with Crippen LogP contribution in [0.1, 0.15) is 35.8 Å². The Hall–Kier alpha value is -4.20. The summed E-state index contributed by atoms with van der Waals surface area (Å²) in [6.07, 6.45) is 7.77. The zero-order chi connectivity index (χ0) is 22.8. The number of aromatic nitrogens is 5. The van der Waals surface area contributed by atoms with Crippen molar-refractivity contribution in [3.05, 3.63) is 84.5 Å². The molecule has 1 N–H and O–H groups in total. The van der Waals surface area contributed by atoms with Crippen LogP contribution < -0.4 is 5.32 Å². The second-order valence-corrected chi connectivity index (χ2v) is 8.09. The zero-order valence-corrected chi connectivity index (χ0v) is 18.5. The van der Waals surface area contributed by atoms with E-state index >= 15 is 0 Å². The minimum Gasteiger partial charge on any atom is -0.463 e. The van der Waals surface area contributed by atoms with Gasteiger partial charge in [-0.25, -0.2) is 14.3 Å². The Kier molecular flexibility index (Phi) is 5.48. The highest BCUT2D eigenvalue weighted by molar-refractivity contribution is 6.06. The van der Waals surface area contributed by atoms with Crippen LogP contribution in [0.2, 0.25) is 0 Å². The second-order valence-electron chi connectivity index (χ2n) is 8.09. The number of rotatable bonds is 7. The summed E-state index contributed by atoms with van der Waals surface area (Å²) in [5.74, 6) is 0.435. The molecule has 8 heteroatoms. The maximum Gasteiger partial charge on any atom is 0.252 e. The van der Waals surface area contributed by atoms with Gasteiger partial charge in [0.1, 0.15) is 5.69 Å². The first-order valence-electron chi connectivity index (χ1n) is 10.9. The molecular weight excluding hydrogens is 416 g/mol. The molecule has 0 saturated carbocycles. The van der Waals surface area contributed by atoms with Gasteiger partial charge in [-0.1, -0.05) is 18.2 Å². The summed E-state index contributed by atoms with van der Waals surface area (Å²) in [4.78, 5) is 17.9. The van der Waals surface area contributed by atoms with Gasteiger partial charge in [-0.15, -0.1) is 0 Å². The number of benzene rings is 1. The molecule has 0 atom stereocenters. The van der Waals surface area contributed by atoms with Gasteiger partial charge in [0, 0.05) is 18.8 Å². The Morgan fingerprint density at radius 3 is 2.70 bits per heavy atom. The minimum atomic E-state index is -0.172. The fourth-order valence-corrected chi connectivity index (χ4v) is 3.76. The average Bonchev–Trinajstić information content (AvgIpc) is 3.59. The van der Waals surface area contributed by atoms with Crippen LogP contribution in [0.3, 0.4) is 0 Å². The molecule has 33 heavy (non-hydrogen) atoms. The average molecular weight is 441 g/mol. The lowest BCUT2D eigenvalue weighted by molar-refractivity contribution is 0.0955. The summed E-state index contributed by atoms with van der Waals surface area (Å²) in [5.41, 5.74) is 3.83. The van der Waals surface area contributed by atoms with Crippen molar-refractivity contribution in [3.8, 4) is 17.1 Å². The van der Waals surface area contributed by atoms with Crippen molar-refractivity contribution in [1.29, 1.82) is 0 Å². The summed E-state index contributed by atoms with van der Waals surface area (Å²) < 4.78 is 9.17. The lowest BCUT2D eigenvalue weighted by Gasteiger charge is -2.10. The number of para-hydroxylation sites is 1. The van der Waals surface area contributed by atoms with E-state index < -0.39 is 0 Å². The summed E-state index contributed by atoms with van der Waals surface area (Å²) in [5, 5.41) is 12.6. The van der Waals surface area contributed by atoms with E-state index in [2.05, 4.69) is 15.5 Å². The number of carbonyl (C=O) groups is 1. The van der Waals surface area contributed by atoms with Crippen molar-refractivity contribution >= 4 is 16.9 Å². The van der Waals surface area contributed by atoms with E-state index in [-0.39, 0.29) is 11.9 Å². The van der Waals surface area contributed by atoms with Crippen molar-refractivity contribution in [1.82, 2.24) is 29.9 Å². The number of furan rings is 1. The smallest absolute Gasteiger partial charge is 0.252 e. The van der Waals surface area contributed by atoms with E-state index in [0.717, 1.165) is 11.3 Å². The summed E-state index contributed by atoms with van der Waals surface area (Å²) >= 11 is 0. The number of pyridine rings is 1. The molecule has 0 fully saturated rings. The molecule has 0 aliphatic rings. The highest BCUT2D eigenvalue weighted by atomic mass is 16.3. The molecule has 0 bridgehead atoms. The van der Waals surface area contributed by atoms with Gasteiger partial charge in [-0.05, 0) is 56.2 Å². The Labute approximate surface area is 190 Å². The third-order valence-electron chi connectivity index (χ3n) is 5.43. The molecular formula is C25H24N6O2. The van der Waals surface area contributed by atoms with Crippen LogP contribution in [-0.2, 0) is 6.42 Å². The summed E-state index contributed by atoms with van der Waals surface area (Å²) in [6.45, 7) is 4.55. The SMILES string of the molecule is CC(C)n1ncc2c(C(=O)NCCc3cnn(-c4ccccc4)c3)cc(-c3ccco3)nc21. The fourth-order valence-electron chi connectivity index (χ4n) is 3.76. The van der Waals surface area contributed by atoms with E-state index in [1.807, 2.05) is 72.0 Å². The highest BCUT2D eigenvalue weighted by Crippen LogP contribution is 2.26. The number of fused-ring (bicyclic) bond motifs is 1. The molecule has 0 saturated heterocycles. The Balaban J connectivity index is 1.36. The number of hydrogen-bond donors (Lipinski definition) is 1. The third kappa shape index (κ3) is 4.15. The lowest BCUT2D eigenvalue weighted by atomic mass is 10.1. The molecule has 0 radical (unpaired) electrons. The van der Waals surface area contributed by atoms with Crippen LogP contribution in [0.4, 0.5) is 0 Å². The molecule has 0 spiro atoms. The van der Waals surface area contributed by atoms with Crippen LogP contribution in [0.25, 0.3) is 28.2 Å². The predicted octanol–water partition coefficient (Wildman–Crippen LogP) is 4.43. The number of amides is 1. The molecule has 1 aromatic carbocycles. The first kappa shape index (κ1) is 20.7. The minimum absolute atomic E-state index is 0.110. The normalized spacial score (nSPS) is 11.4. The summed E-state index contributed by atoms with van der Waals surface area (Å²) in [7, 11) is 0. The van der Waals surface area contributed by atoms with E-state index in [9.17, 15) is 4.79 Å². The van der Waals surface area contributed by atoms with Gasteiger partial charge in [0.25, 0.3) is 5.91 Å². The molecule has 4 aromatic heterocycles. The maximum atomic E-state index is 13.1. The maximum absolute atomic E-state index is 13.1. The molecule has 0 aliphatic carbocycles. The molecule has 0 aliphatic heterocycles. The van der Waals surface area contributed by atoms with Gasteiger partial charge in [-0.3, -0.25) is 4.79 Å². The number of carbonyl (C=O) groups excluding carboxylic acids is 1. The molecule has 0 unspecified atom stereocenters. The fraction of sp³-hybridized carbons (Fsp3) is 0.200. The van der Waals surface area contributed by atoms with Gasteiger partial charge in [0.15, 0.2) is 11.4 Å². The Morgan fingerprint density at radius 1 is 1.09 bits per heavy atom. The highest BCUT2D eigenvalue weighted by Gasteiger charge is 2.19. The van der Waals surface area contributed by atoms with Crippen LogP contribution >= 0.6 is 0 Å². The molecule has 1 amide bonds. The Morgan fingerprint density at radius 2 is 1.94 bits per heavy atom. The number of nitrogens with one attached hydrogen (secondary N) is 1. The standard InChI is InChI=1S/C25H24N6O2/c1-17(2)31-24-21(15-28-31)20(13-22(29-24)23-9-6-12-33-23)25(32)26-11-10-18-14-27-30(16-18)19-7-4-3-5-8-19/h3-9,12-17H,10-11H2,1-2H3,(H,26,32). The molecule has 5 rings (SSSR count). The van der Waals surface area contributed by atoms with Crippen LogP contribution in [0, 0.1) is 0 Å². The largest absolute Gasteiger partial charge is 0.463 e. The van der Waals surface area contributed by atoms with Crippen molar-refractivity contribution in [2.75, 3.05) is 6.54 Å². The number of hydrogen-bond acceptors (Lipinski definition) is 5. The molecule has 8 nitrogen and oxygen atoms in total. The molecule has 4 heterocycles. The van der Waals surface area contributed by atoms with E-state index in [0.29, 0.717) is 41.0 Å². The van der Waals surface area contributed by atoms with E-state index in [1.54, 1.807) is 24.6 Å². The second kappa shape index (κ2) is 8.74. The van der Waals surface area contributed by atoms with E-state index in [1.165, 1.54) is 0 Å². The van der Waals surface area contributed by atoms with Crippen molar-refractivity contribution in [2.24, 2.45) is 0 Å². The topological polar surface area (TPSA) is 90.8 Å². The first-order valence-corrected chi connectivity index (χ1v) is 10.9. The van der Waals surface area contributed by atoms with Gasteiger partial charge >= 0.3 is 0 Å². The molecule has 166 valence electrons. The monoisotopic (exact) mass is 440 g/mol. The van der Waals surface area contributed by atoms with Crippen LogP contribution in [-0.4, -0.2) is 37.0 Å². The van der Waals surface area contributed by atoms with Gasteiger partial charge in [0.05, 0.1) is 35.3 Å². The quantitative estimate of drug-likeness (QED) is 0.404. The number of nitrogens with zero attached hydrogens (tertiary/aromatic N) is 5.